The molecule has 1 unspecified atom stereocenters. The molecule has 0 aromatic heterocycles. The second kappa shape index (κ2) is 11.3. The van der Waals surface area contributed by atoms with Gasteiger partial charge in [0, 0.05) is 25.7 Å². The average Bonchev–Trinajstić information content (AvgIpc) is 3.14. The summed E-state index contributed by atoms with van der Waals surface area (Å²) in [7, 11) is 0. The Morgan fingerprint density at radius 2 is 1.71 bits per heavy atom. The van der Waals surface area contributed by atoms with Crippen LogP contribution in [0.15, 0.2) is 48.5 Å². The highest BCUT2D eigenvalue weighted by molar-refractivity contribution is 5.79. The molecule has 4 rings (SSSR count). The summed E-state index contributed by atoms with van der Waals surface area (Å²) >= 11 is 0. The maximum absolute atomic E-state index is 12.1. The largest absolute Gasteiger partial charge is 0.449 e. The molecule has 1 heterocycles. The number of benzene rings is 2. The van der Waals surface area contributed by atoms with Crippen LogP contribution in [0.1, 0.15) is 42.7 Å². The van der Waals surface area contributed by atoms with Crippen molar-refractivity contribution < 1.29 is 23.7 Å². The Kier molecular flexibility index (Phi) is 7.93. The van der Waals surface area contributed by atoms with Crippen LogP contribution < -0.4 is 5.32 Å². The van der Waals surface area contributed by atoms with Gasteiger partial charge in [-0.25, -0.2) is 4.79 Å². The van der Waals surface area contributed by atoms with E-state index in [-0.39, 0.29) is 18.3 Å². The van der Waals surface area contributed by atoms with Crippen LogP contribution in [0, 0.1) is 0 Å². The molecular formula is C25H31NO5. The third-order valence-corrected chi connectivity index (χ3v) is 5.75. The molecule has 1 aliphatic heterocycles. The maximum Gasteiger partial charge on any atom is 0.407 e. The molecule has 1 atom stereocenters. The maximum atomic E-state index is 12.1. The number of alkyl carbamates (subject to hydrolysis) is 1. The van der Waals surface area contributed by atoms with Gasteiger partial charge in [-0.05, 0) is 47.9 Å². The van der Waals surface area contributed by atoms with Gasteiger partial charge in [-0.3, -0.25) is 0 Å². The van der Waals surface area contributed by atoms with Crippen LogP contribution in [0.4, 0.5) is 4.79 Å². The highest BCUT2D eigenvalue weighted by Gasteiger charge is 2.28. The Balaban J connectivity index is 1.10. The van der Waals surface area contributed by atoms with Gasteiger partial charge in [-0.1, -0.05) is 48.5 Å². The first-order chi connectivity index (χ1) is 15.3. The molecule has 0 radical (unpaired) electrons. The summed E-state index contributed by atoms with van der Waals surface area (Å²) in [5.74, 6) is 0.0784. The fourth-order valence-electron chi connectivity index (χ4n) is 4.20. The molecule has 0 bridgehead atoms. The van der Waals surface area contributed by atoms with Crippen molar-refractivity contribution >= 4 is 6.09 Å². The van der Waals surface area contributed by atoms with Gasteiger partial charge in [0.2, 0.25) is 0 Å². The number of rotatable bonds is 10. The average molecular weight is 426 g/mol. The van der Waals surface area contributed by atoms with Gasteiger partial charge in [0.05, 0.1) is 13.2 Å². The van der Waals surface area contributed by atoms with Gasteiger partial charge >= 0.3 is 6.09 Å². The lowest BCUT2D eigenvalue weighted by atomic mass is 9.98. The predicted octanol–water partition coefficient (Wildman–Crippen LogP) is 4.48. The smallest absolute Gasteiger partial charge is 0.407 e. The molecule has 6 nitrogen and oxygen atoms in total. The Morgan fingerprint density at radius 3 is 2.42 bits per heavy atom. The number of carbonyl (C=O) groups excluding carboxylic acids is 1. The van der Waals surface area contributed by atoms with Crippen LogP contribution in [0.25, 0.3) is 11.1 Å². The van der Waals surface area contributed by atoms with E-state index in [0.29, 0.717) is 33.0 Å². The Hall–Kier alpha value is -2.41. The van der Waals surface area contributed by atoms with Crippen molar-refractivity contribution in [3.63, 3.8) is 0 Å². The third-order valence-electron chi connectivity index (χ3n) is 5.75. The number of carbonyl (C=O) groups is 1. The van der Waals surface area contributed by atoms with E-state index < -0.39 is 0 Å². The third kappa shape index (κ3) is 5.85. The van der Waals surface area contributed by atoms with Crippen molar-refractivity contribution in [3.8, 4) is 11.1 Å². The van der Waals surface area contributed by atoms with Crippen LogP contribution in [0.3, 0.4) is 0 Å². The van der Waals surface area contributed by atoms with Gasteiger partial charge in [-0.2, -0.15) is 0 Å². The molecule has 6 heteroatoms. The zero-order chi connectivity index (χ0) is 21.3. The molecule has 1 amide bonds. The van der Waals surface area contributed by atoms with E-state index in [2.05, 4.69) is 29.6 Å². The van der Waals surface area contributed by atoms with Crippen molar-refractivity contribution in [2.75, 3.05) is 39.6 Å². The van der Waals surface area contributed by atoms with Crippen molar-refractivity contribution in [3.05, 3.63) is 59.7 Å². The zero-order valence-electron chi connectivity index (χ0n) is 17.9. The number of hydrogen-bond acceptors (Lipinski definition) is 5. The summed E-state index contributed by atoms with van der Waals surface area (Å²) in [4.78, 5) is 12.1. The predicted molar refractivity (Wildman–Crippen MR) is 118 cm³/mol. The molecule has 1 saturated heterocycles. The molecule has 0 saturated carbocycles. The quantitative estimate of drug-likeness (QED) is 0.569. The standard InChI is InChI=1S/C25H31NO5/c27-25(26-13-7-14-28-16-17-30-24-12-5-6-15-29-24)31-18-23-21-10-3-1-8-19(21)20-9-2-4-11-22(20)23/h1-4,8-11,23-24H,5-7,12-18H2,(H,26,27). The number of amides is 1. The summed E-state index contributed by atoms with van der Waals surface area (Å²) in [6, 6.07) is 16.6. The number of hydrogen-bond donors (Lipinski definition) is 1. The normalized spacial score (nSPS) is 17.7. The van der Waals surface area contributed by atoms with E-state index >= 15 is 0 Å². The minimum absolute atomic E-state index is 0.0763. The van der Waals surface area contributed by atoms with Gasteiger partial charge in [0.25, 0.3) is 0 Å². The van der Waals surface area contributed by atoms with Gasteiger partial charge in [-0.15, -0.1) is 0 Å². The first kappa shape index (κ1) is 21.8. The van der Waals surface area contributed by atoms with Crippen LogP contribution in [-0.4, -0.2) is 52.0 Å². The molecule has 1 N–H and O–H groups in total. The molecule has 166 valence electrons. The molecular weight excluding hydrogens is 394 g/mol. The van der Waals surface area contributed by atoms with Crippen LogP contribution in [-0.2, 0) is 18.9 Å². The highest BCUT2D eigenvalue weighted by Crippen LogP contribution is 2.44. The summed E-state index contributed by atoms with van der Waals surface area (Å²) < 4.78 is 22.2. The lowest BCUT2D eigenvalue weighted by molar-refractivity contribution is -0.169. The molecule has 2 aromatic rings. The van der Waals surface area contributed by atoms with Gasteiger partial charge < -0.3 is 24.3 Å². The fourth-order valence-corrected chi connectivity index (χ4v) is 4.20. The van der Waals surface area contributed by atoms with E-state index in [9.17, 15) is 4.79 Å². The number of fused-ring (bicyclic) bond motifs is 3. The number of nitrogens with one attached hydrogen (secondary N) is 1. The second-order valence-electron chi connectivity index (χ2n) is 7.89. The van der Waals surface area contributed by atoms with Crippen molar-refractivity contribution in [1.29, 1.82) is 0 Å². The summed E-state index contributed by atoms with van der Waals surface area (Å²) in [5, 5.41) is 2.80. The first-order valence-electron chi connectivity index (χ1n) is 11.2. The fraction of sp³-hybridized carbons (Fsp3) is 0.480. The molecule has 0 spiro atoms. The van der Waals surface area contributed by atoms with Crippen molar-refractivity contribution in [2.24, 2.45) is 0 Å². The SMILES string of the molecule is O=C(NCCCOCCOC1CCCCO1)OCC1c2ccccc2-c2ccccc21. The molecule has 31 heavy (non-hydrogen) atoms. The summed E-state index contributed by atoms with van der Waals surface area (Å²) in [6.45, 7) is 3.26. The van der Waals surface area contributed by atoms with E-state index in [1.54, 1.807) is 0 Å². The Morgan fingerprint density at radius 1 is 0.968 bits per heavy atom. The monoisotopic (exact) mass is 425 g/mol. The van der Waals surface area contributed by atoms with Gasteiger partial charge in [0.1, 0.15) is 6.61 Å². The van der Waals surface area contributed by atoms with E-state index in [0.717, 1.165) is 32.3 Å². The molecule has 2 aliphatic rings. The van der Waals surface area contributed by atoms with Crippen molar-refractivity contribution in [2.45, 2.75) is 37.9 Å². The highest BCUT2D eigenvalue weighted by atomic mass is 16.7. The summed E-state index contributed by atoms with van der Waals surface area (Å²) in [5.41, 5.74) is 4.88. The molecule has 1 aliphatic carbocycles. The van der Waals surface area contributed by atoms with E-state index in [1.165, 1.54) is 22.3 Å². The Labute approximate surface area is 183 Å². The lowest BCUT2D eigenvalue weighted by Crippen LogP contribution is -2.28. The summed E-state index contributed by atoms with van der Waals surface area (Å²) in [6.07, 6.45) is 3.50. The van der Waals surface area contributed by atoms with Crippen molar-refractivity contribution in [1.82, 2.24) is 5.32 Å². The first-order valence-corrected chi connectivity index (χ1v) is 11.2. The number of ether oxygens (including phenoxy) is 4. The minimum Gasteiger partial charge on any atom is -0.449 e. The van der Waals surface area contributed by atoms with E-state index in [4.69, 9.17) is 18.9 Å². The van der Waals surface area contributed by atoms with Crippen LogP contribution >= 0.6 is 0 Å². The molecule has 1 fully saturated rings. The zero-order valence-corrected chi connectivity index (χ0v) is 17.9. The van der Waals surface area contributed by atoms with Crippen LogP contribution in [0.2, 0.25) is 0 Å². The van der Waals surface area contributed by atoms with E-state index in [1.807, 2.05) is 24.3 Å². The topological polar surface area (TPSA) is 66.0 Å². The van der Waals surface area contributed by atoms with Crippen LogP contribution in [0.5, 0.6) is 0 Å². The van der Waals surface area contributed by atoms with Gasteiger partial charge in [0.15, 0.2) is 6.29 Å². The minimum atomic E-state index is -0.389. The molecule has 2 aromatic carbocycles. The Bertz CT molecular complexity index is 804. The lowest BCUT2D eigenvalue weighted by Gasteiger charge is -2.22. The second-order valence-corrected chi connectivity index (χ2v) is 7.89.